The van der Waals surface area contributed by atoms with E-state index in [4.69, 9.17) is 0 Å². The van der Waals surface area contributed by atoms with Crippen molar-refractivity contribution in [1.29, 1.82) is 0 Å². The van der Waals surface area contributed by atoms with Crippen LogP contribution >= 0.6 is 7.92 Å². The molecule has 7 heteroatoms. The Balaban J connectivity index is 2.20. The molecule has 0 aliphatic heterocycles. The summed E-state index contributed by atoms with van der Waals surface area (Å²) in [5.41, 5.74) is 2.13. The molecule has 0 atom stereocenters. The molecule has 0 saturated heterocycles. The topological polar surface area (TPSA) is 60.9 Å². The fourth-order valence-electron chi connectivity index (χ4n) is 3.09. The van der Waals surface area contributed by atoms with Gasteiger partial charge in [0.2, 0.25) is 0 Å². The van der Waals surface area contributed by atoms with Gasteiger partial charge in [0.05, 0.1) is 0 Å². The Bertz CT molecular complexity index is 1030. The predicted molar refractivity (Wildman–Crippen MR) is 124 cm³/mol. The summed E-state index contributed by atoms with van der Waals surface area (Å²) < 4.78 is 33.9. The van der Waals surface area contributed by atoms with Crippen LogP contribution in [0.25, 0.3) is 0 Å². The molecule has 0 heterocycles. The van der Waals surface area contributed by atoms with E-state index in [0.29, 0.717) is 5.30 Å². The maximum atomic E-state index is 12.1. The molecule has 5 nitrogen and oxygen atoms in total. The molecule has 0 radical (unpaired) electrons. The Kier molecular flexibility index (Phi) is 6.27. The minimum Gasteiger partial charge on any atom is -0.378 e. The summed E-state index contributed by atoms with van der Waals surface area (Å²) in [7, 11) is 2.40. The monoisotopic (exact) mass is 428 g/mol. The van der Waals surface area contributed by atoms with Gasteiger partial charge >= 0.3 is 0 Å². The lowest BCUT2D eigenvalue weighted by atomic mass is 10.3. The molecule has 3 rings (SSSR count). The highest BCUT2D eigenvalue weighted by atomic mass is 32.2. The fraction of sp³-hybridized carbons (Fsp3) is 0.182. The zero-order valence-electron chi connectivity index (χ0n) is 16.9. The van der Waals surface area contributed by atoms with Crippen molar-refractivity contribution in [2.75, 3.05) is 38.0 Å². The number of anilines is 2. The van der Waals surface area contributed by atoms with E-state index >= 15 is 0 Å². The molecule has 3 aromatic rings. The van der Waals surface area contributed by atoms with E-state index in [2.05, 4.69) is 0 Å². The lowest BCUT2D eigenvalue weighted by molar-refractivity contribution is 0.484. The number of rotatable bonds is 6. The van der Waals surface area contributed by atoms with Crippen LogP contribution in [0.15, 0.2) is 77.7 Å². The summed E-state index contributed by atoms with van der Waals surface area (Å²) in [6.07, 6.45) is 0. The second-order valence-corrected chi connectivity index (χ2v) is 10.7. The molecule has 0 fully saturated rings. The van der Waals surface area contributed by atoms with E-state index in [-0.39, 0.29) is 4.90 Å². The molecule has 0 spiro atoms. The summed E-state index contributed by atoms with van der Waals surface area (Å²) in [6, 6.07) is 22.9. The van der Waals surface area contributed by atoms with Crippen molar-refractivity contribution in [2.24, 2.45) is 0 Å². The molecular formula is C22H25N2O3PS. The average molecular weight is 428 g/mol. The summed E-state index contributed by atoms with van der Waals surface area (Å²) >= 11 is 0. The van der Waals surface area contributed by atoms with Crippen molar-refractivity contribution in [1.82, 2.24) is 0 Å². The van der Waals surface area contributed by atoms with E-state index in [1.165, 1.54) is 6.07 Å². The van der Waals surface area contributed by atoms with Crippen LogP contribution in [0.5, 0.6) is 0 Å². The van der Waals surface area contributed by atoms with E-state index in [1.54, 1.807) is 12.1 Å². The van der Waals surface area contributed by atoms with Crippen molar-refractivity contribution in [3.63, 3.8) is 0 Å². The summed E-state index contributed by atoms with van der Waals surface area (Å²) in [5.74, 6) is 0. The number of benzene rings is 3. The summed E-state index contributed by atoms with van der Waals surface area (Å²) in [4.78, 5) is 3.99. The van der Waals surface area contributed by atoms with Crippen molar-refractivity contribution >= 4 is 45.3 Å². The van der Waals surface area contributed by atoms with Crippen LogP contribution in [-0.2, 0) is 10.1 Å². The van der Waals surface area contributed by atoms with Crippen molar-refractivity contribution in [3.05, 3.63) is 72.8 Å². The first kappa shape index (κ1) is 21.3. The smallest absolute Gasteiger partial charge is 0.295 e. The van der Waals surface area contributed by atoms with Gasteiger partial charge in [0.15, 0.2) is 0 Å². The first-order valence-electron chi connectivity index (χ1n) is 9.10. The second-order valence-electron chi connectivity index (χ2n) is 7.10. The minimum absolute atomic E-state index is 0.0421. The SMILES string of the molecule is CN(C)c1ccc(P(c2ccc(N(C)C)cc2)c2ccccc2S(=O)(=O)O)cc1. The highest BCUT2D eigenvalue weighted by Gasteiger charge is 2.24. The zero-order chi connectivity index (χ0) is 21.2. The number of hydrogen-bond acceptors (Lipinski definition) is 4. The Hall–Kier alpha value is -2.40. The van der Waals surface area contributed by atoms with Gasteiger partial charge in [-0.2, -0.15) is 8.42 Å². The minimum atomic E-state index is -4.34. The van der Waals surface area contributed by atoms with E-state index in [1.807, 2.05) is 92.6 Å². The van der Waals surface area contributed by atoms with Gasteiger partial charge in [0.1, 0.15) is 4.90 Å². The van der Waals surface area contributed by atoms with Crippen molar-refractivity contribution in [2.45, 2.75) is 4.90 Å². The predicted octanol–water partition coefficient (Wildman–Crippen LogP) is 2.82. The van der Waals surface area contributed by atoms with Gasteiger partial charge in [-0.1, -0.05) is 42.5 Å². The molecule has 29 heavy (non-hydrogen) atoms. The number of nitrogens with zero attached hydrogens (tertiary/aromatic N) is 2. The quantitative estimate of drug-likeness (QED) is 0.483. The molecule has 0 saturated carbocycles. The van der Waals surface area contributed by atoms with Gasteiger partial charge in [0, 0.05) is 44.9 Å². The summed E-state index contributed by atoms with van der Waals surface area (Å²) in [6.45, 7) is 0. The highest BCUT2D eigenvalue weighted by molar-refractivity contribution is 7.88. The normalized spacial score (nSPS) is 11.5. The standard InChI is InChI=1S/C22H25N2O3PS/c1-23(2)17-9-13-19(14-10-17)28(20-15-11-18(12-16-20)24(3)4)21-7-5-6-8-22(21)29(25,26)27/h5-16H,1-4H3,(H,25,26,27). The first-order chi connectivity index (χ1) is 13.7. The van der Waals surface area contributed by atoms with Crippen LogP contribution in [0.3, 0.4) is 0 Å². The van der Waals surface area contributed by atoms with Gasteiger partial charge < -0.3 is 9.80 Å². The fourth-order valence-corrected chi connectivity index (χ4v) is 6.57. The van der Waals surface area contributed by atoms with Gasteiger partial charge in [-0.3, -0.25) is 4.55 Å². The van der Waals surface area contributed by atoms with Crippen LogP contribution in [0.2, 0.25) is 0 Å². The molecule has 0 aromatic heterocycles. The molecule has 0 aliphatic rings. The lowest BCUT2D eigenvalue weighted by Gasteiger charge is -2.23. The van der Waals surface area contributed by atoms with E-state index in [9.17, 15) is 13.0 Å². The molecule has 3 aromatic carbocycles. The number of hydrogen-bond donors (Lipinski definition) is 1. The molecule has 152 valence electrons. The average Bonchev–Trinajstić information content (AvgIpc) is 2.68. The van der Waals surface area contributed by atoms with Gasteiger partial charge in [-0.15, -0.1) is 0 Å². The van der Waals surface area contributed by atoms with Crippen molar-refractivity contribution in [3.8, 4) is 0 Å². The molecule has 0 aliphatic carbocycles. The molecule has 0 bridgehead atoms. The van der Waals surface area contributed by atoms with Crippen molar-refractivity contribution < 1.29 is 13.0 Å². The largest absolute Gasteiger partial charge is 0.378 e. The van der Waals surface area contributed by atoms with E-state index < -0.39 is 18.0 Å². The Morgan fingerprint density at radius 2 is 1.10 bits per heavy atom. The lowest BCUT2D eigenvalue weighted by Crippen LogP contribution is -2.25. The molecule has 1 N–H and O–H groups in total. The van der Waals surface area contributed by atoms with Crippen LogP contribution in [0.4, 0.5) is 11.4 Å². The van der Waals surface area contributed by atoms with Gasteiger partial charge in [0.25, 0.3) is 10.1 Å². The molecule has 0 unspecified atom stereocenters. The first-order valence-corrected chi connectivity index (χ1v) is 11.9. The third-order valence-corrected chi connectivity index (χ3v) is 8.20. The van der Waals surface area contributed by atoms with Gasteiger partial charge in [-0.25, -0.2) is 0 Å². The maximum absolute atomic E-state index is 12.1. The van der Waals surface area contributed by atoms with Crippen LogP contribution in [0.1, 0.15) is 0 Å². The highest BCUT2D eigenvalue weighted by Crippen LogP contribution is 2.36. The summed E-state index contributed by atoms with van der Waals surface area (Å²) in [5, 5.41) is 2.64. The molecule has 0 amide bonds. The van der Waals surface area contributed by atoms with Gasteiger partial charge in [-0.05, 0) is 48.9 Å². The zero-order valence-corrected chi connectivity index (χ0v) is 18.7. The second kappa shape index (κ2) is 8.54. The van der Waals surface area contributed by atoms with Crippen LogP contribution < -0.4 is 25.7 Å². The third kappa shape index (κ3) is 4.78. The Morgan fingerprint density at radius 1 is 0.690 bits per heavy atom. The Labute approximate surface area is 174 Å². The van der Waals surface area contributed by atoms with Crippen LogP contribution in [-0.4, -0.2) is 41.2 Å². The third-order valence-electron chi connectivity index (χ3n) is 4.63. The maximum Gasteiger partial charge on any atom is 0.295 e. The molecular weight excluding hydrogens is 403 g/mol. The Morgan fingerprint density at radius 3 is 1.48 bits per heavy atom. The van der Waals surface area contributed by atoms with E-state index in [0.717, 1.165) is 22.0 Å². The van der Waals surface area contributed by atoms with Crippen LogP contribution in [0, 0.1) is 0 Å².